The molecule has 2 nitrogen and oxygen atoms in total. The van der Waals surface area contributed by atoms with Crippen LogP contribution >= 0.6 is 11.6 Å². The molecular weight excluding hydrogens is 282 g/mol. The summed E-state index contributed by atoms with van der Waals surface area (Å²) in [6.45, 7) is 5.43. The average molecular weight is 312 g/mol. The van der Waals surface area contributed by atoms with E-state index in [-0.39, 0.29) is 0 Å². The van der Waals surface area contributed by atoms with Crippen LogP contribution in [0.25, 0.3) is 0 Å². The standard InChI is InChI=1S/C18H30ClNO/c1-4-6-7-8-9-10-17(20-5-2)14-15-13-16(19)11-12-18(15)21-3/h11-13,17,20H,4-10,14H2,1-3H3. The molecule has 1 unspecified atom stereocenters. The molecule has 0 aliphatic carbocycles. The molecule has 120 valence electrons. The summed E-state index contributed by atoms with van der Waals surface area (Å²) >= 11 is 6.12. The van der Waals surface area contributed by atoms with Crippen molar-refractivity contribution in [2.24, 2.45) is 0 Å². The second-order valence-corrected chi connectivity index (χ2v) is 6.05. The fourth-order valence-corrected chi connectivity index (χ4v) is 2.93. The molecule has 0 bridgehead atoms. The molecule has 0 saturated carbocycles. The molecule has 1 N–H and O–H groups in total. The van der Waals surface area contributed by atoms with Crippen LogP contribution < -0.4 is 10.1 Å². The molecule has 3 heteroatoms. The maximum Gasteiger partial charge on any atom is 0.122 e. The van der Waals surface area contributed by atoms with E-state index in [1.165, 1.54) is 44.1 Å². The van der Waals surface area contributed by atoms with E-state index in [1.807, 2.05) is 18.2 Å². The van der Waals surface area contributed by atoms with Crippen LogP contribution in [0, 0.1) is 0 Å². The number of halogens is 1. The summed E-state index contributed by atoms with van der Waals surface area (Å²) in [6.07, 6.45) is 8.84. The molecule has 1 atom stereocenters. The highest BCUT2D eigenvalue weighted by Crippen LogP contribution is 2.25. The molecule has 0 aliphatic heterocycles. The predicted molar refractivity (Wildman–Crippen MR) is 92.5 cm³/mol. The van der Waals surface area contributed by atoms with Gasteiger partial charge < -0.3 is 10.1 Å². The van der Waals surface area contributed by atoms with Gasteiger partial charge in [-0.25, -0.2) is 0 Å². The number of rotatable bonds is 11. The van der Waals surface area contributed by atoms with Crippen LogP contribution in [0.4, 0.5) is 0 Å². The van der Waals surface area contributed by atoms with E-state index < -0.39 is 0 Å². The van der Waals surface area contributed by atoms with E-state index in [2.05, 4.69) is 19.2 Å². The molecule has 21 heavy (non-hydrogen) atoms. The van der Waals surface area contributed by atoms with E-state index in [0.29, 0.717) is 6.04 Å². The van der Waals surface area contributed by atoms with Crippen LogP contribution in [-0.2, 0) is 6.42 Å². The maximum absolute atomic E-state index is 6.12. The molecular formula is C18H30ClNO. The molecule has 0 aromatic heterocycles. The SMILES string of the molecule is CCCCCCCC(Cc1cc(Cl)ccc1OC)NCC. The van der Waals surface area contributed by atoms with Crippen LogP contribution in [0.2, 0.25) is 5.02 Å². The molecule has 0 spiro atoms. The zero-order valence-electron chi connectivity index (χ0n) is 13.8. The van der Waals surface area contributed by atoms with E-state index >= 15 is 0 Å². The summed E-state index contributed by atoms with van der Waals surface area (Å²) in [5.74, 6) is 0.938. The second kappa shape index (κ2) is 10.9. The Morgan fingerprint density at radius 1 is 1.14 bits per heavy atom. The Morgan fingerprint density at radius 2 is 1.90 bits per heavy atom. The molecule has 1 aromatic carbocycles. The molecule has 0 radical (unpaired) electrons. The molecule has 0 amide bonds. The third kappa shape index (κ3) is 7.19. The molecule has 0 heterocycles. The van der Waals surface area contributed by atoms with E-state index in [4.69, 9.17) is 16.3 Å². The Bertz CT molecular complexity index is 395. The third-order valence-corrected chi connectivity index (χ3v) is 4.09. The lowest BCUT2D eigenvalue weighted by Gasteiger charge is -2.19. The fraction of sp³-hybridized carbons (Fsp3) is 0.667. The summed E-state index contributed by atoms with van der Waals surface area (Å²) in [7, 11) is 1.72. The zero-order valence-corrected chi connectivity index (χ0v) is 14.5. The normalized spacial score (nSPS) is 12.4. The van der Waals surface area contributed by atoms with Crippen LogP contribution in [0.1, 0.15) is 57.9 Å². The lowest BCUT2D eigenvalue weighted by atomic mass is 9.99. The maximum atomic E-state index is 6.12. The lowest BCUT2D eigenvalue weighted by Crippen LogP contribution is -2.31. The highest BCUT2D eigenvalue weighted by molar-refractivity contribution is 6.30. The minimum absolute atomic E-state index is 0.504. The molecule has 0 saturated heterocycles. The van der Waals surface area contributed by atoms with Crippen molar-refractivity contribution >= 4 is 11.6 Å². The van der Waals surface area contributed by atoms with E-state index in [0.717, 1.165) is 23.7 Å². The number of likely N-dealkylation sites (N-methyl/N-ethyl adjacent to an activating group) is 1. The largest absolute Gasteiger partial charge is 0.496 e. The van der Waals surface area contributed by atoms with Gasteiger partial charge in [0.2, 0.25) is 0 Å². The van der Waals surface area contributed by atoms with Crippen molar-refractivity contribution in [3.63, 3.8) is 0 Å². The van der Waals surface area contributed by atoms with Crippen molar-refractivity contribution in [2.45, 2.75) is 64.8 Å². The Morgan fingerprint density at radius 3 is 2.57 bits per heavy atom. The number of methoxy groups -OCH3 is 1. The highest BCUT2D eigenvalue weighted by Gasteiger charge is 2.12. The van der Waals surface area contributed by atoms with Gasteiger partial charge in [-0.2, -0.15) is 0 Å². The summed E-state index contributed by atoms with van der Waals surface area (Å²) in [6, 6.07) is 6.38. The zero-order chi connectivity index (χ0) is 15.5. The van der Waals surface area contributed by atoms with Crippen LogP contribution in [0.5, 0.6) is 5.75 Å². The highest BCUT2D eigenvalue weighted by atomic mass is 35.5. The quantitative estimate of drug-likeness (QED) is 0.565. The molecule has 0 aliphatic rings. The number of nitrogens with one attached hydrogen (secondary N) is 1. The number of benzene rings is 1. The van der Waals surface area contributed by atoms with Crippen molar-refractivity contribution < 1.29 is 4.74 Å². The minimum Gasteiger partial charge on any atom is -0.496 e. The molecule has 0 fully saturated rings. The fourth-order valence-electron chi connectivity index (χ4n) is 2.73. The van der Waals surface area contributed by atoms with Gasteiger partial charge in [0.25, 0.3) is 0 Å². The van der Waals surface area contributed by atoms with Gasteiger partial charge in [-0.05, 0) is 43.1 Å². The van der Waals surface area contributed by atoms with Crippen molar-refractivity contribution in [2.75, 3.05) is 13.7 Å². The van der Waals surface area contributed by atoms with Gasteiger partial charge in [-0.3, -0.25) is 0 Å². The topological polar surface area (TPSA) is 21.3 Å². The molecule has 1 rings (SSSR count). The predicted octanol–water partition coefficient (Wildman–Crippen LogP) is 5.23. The smallest absolute Gasteiger partial charge is 0.122 e. The summed E-state index contributed by atoms with van der Waals surface area (Å²) in [4.78, 5) is 0. The van der Waals surface area contributed by atoms with Crippen LogP contribution in [-0.4, -0.2) is 19.7 Å². The number of unbranched alkanes of at least 4 members (excludes halogenated alkanes) is 4. The summed E-state index contributed by atoms with van der Waals surface area (Å²) < 4.78 is 5.45. The second-order valence-electron chi connectivity index (χ2n) is 5.62. The van der Waals surface area contributed by atoms with Crippen LogP contribution in [0.15, 0.2) is 18.2 Å². The Kier molecular flexibility index (Phi) is 9.53. The minimum atomic E-state index is 0.504. The van der Waals surface area contributed by atoms with E-state index in [9.17, 15) is 0 Å². The van der Waals surface area contributed by atoms with Gasteiger partial charge in [0.1, 0.15) is 5.75 Å². The average Bonchev–Trinajstić information content (AvgIpc) is 2.47. The monoisotopic (exact) mass is 311 g/mol. The van der Waals surface area contributed by atoms with Crippen LogP contribution in [0.3, 0.4) is 0 Å². The lowest BCUT2D eigenvalue weighted by molar-refractivity contribution is 0.401. The van der Waals surface area contributed by atoms with Crippen molar-refractivity contribution in [1.82, 2.24) is 5.32 Å². The van der Waals surface area contributed by atoms with Crippen molar-refractivity contribution in [3.8, 4) is 5.75 Å². The Hall–Kier alpha value is -0.730. The number of hydrogen-bond acceptors (Lipinski definition) is 2. The first-order chi connectivity index (χ1) is 10.2. The summed E-state index contributed by atoms with van der Waals surface area (Å²) in [5.41, 5.74) is 1.20. The van der Waals surface area contributed by atoms with Gasteiger partial charge in [-0.1, -0.05) is 57.6 Å². The van der Waals surface area contributed by atoms with Gasteiger partial charge in [0.05, 0.1) is 7.11 Å². The first-order valence-corrected chi connectivity index (χ1v) is 8.64. The Balaban J connectivity index is 2.54. The van der Waals surface area contributed by atoms with Gasteiger partial charge in [-0.15, -0.1) is 0 Å². The first kappa shape index (κ1) is 18.3. The summed E-state index contributed by atoms with van der Waals surface area (Å²) in [5, 5.41) is 4.38. The third-order valence-electron chi connectivity index (χ3n) is 3.86. The van der Waals surface area contributed by atoms with Gasteiger partial charge in [0, 0.05) is 11.1 Å². The first-order valence-electron chi connectivity index (χ1n) is 8.27. The Labute approximate surface area is 135 Å². The van der Waals surface area contributed by atoms with E-state index in [1.54, 1.807) is 7.11 Å². The molecule has 1 aromatic rings. The van der Waals surface area contributed by atoms with Gasteiger partial charge >= 0.3 is 0 Å². The number of hydrogen-bond donors (Lipinski definition) is 1. The number of ether oxygens (including phenoxy) is 1. The van der Waals surface area contributed by atoms with Crippen molar-refractivity contribution in [3.05, 3.63) is 28.8 Å². The van der Waals surface area contributed by atoms with Gasteiger partial charge in [0.15, 0.2) is 0 Å². The van der Waals surface area contributed by atoms with Crippen molar-refractivity contribution in [1.29, 1.82) is 0 Å².